The van der Waals surface area contributed by atoms with E-state index in [1.807, 2.05) is 0 Å². The Morgan fingerprint density at radius 2 is 0.806 bits per heavy atom. The molecule has 6 heteroatoms. The van der Waals surface area contributed by atoms with Gasteiger partial charge >= 0.3 is 5.97 Å². The molecule has 1 amide bonds. The van der Waals surface area contributed by atoms with Crippen LogP contribution in [-0.2, 0) is 14.3 Å². The second-order valence-corrected chi connectivity index (χ2v) is 18.6. The number of carbonyl (C=O) groups is 2. The molecule has 0 saturated carbocycles. The molecule has 0 aromatic carbocycles. The maximum Gasteiger partial charge on any atom is 0.305 e. The predicted octanol–water partition coefficient (Wildman–Crippen LogP) is 16.5. The Morgan fingerprint density at radius 3 is 1.27 bits per heavy atom. The first-order valence-electron chi connectivity index (χ1n) is 27.2. The van der Waals surface area contributed by atoms with Gasteiger partial charge in [0, 0.05) is 12.8 Å². The first-order chi connectivity index (χ1) is 30.5. The molecular formula is C56H105NO5. The minimum Gasteiger partial charge on any atom is -0.466 e. The number of nitrogens with one attached hydrogen (secondary N) is 1. The molecule has 62 heavy (non-hydrogen) atoms. The molecule has 0 saturated heterocycles. The van der Waals surface area contributed by atoms with Crippen molar-refractivity contribution >= 4 is 11.9 Å². The Kier molecular flexibility index (Phi) is 50.1. The lowest BCUT2D eigenvalue weighted by molar-refractivity contribution is -0.143. The lowest BCUT2D eigenvalue weighted by Gasteiger charge is -2.22. The Hall–Kier alpha value is -1.92. The summed E-state index contributed by atoms with van der Waals surface area (Å²) < 4.78 is 5.45. The van der Waals surface area contributed by atoms with Crippen LogP contribution in [0.15, 0.2) is 36.5 Å². The zero-order valence-electron chi connectivity index (χ0n) is 41.4. The lowest BCUT2D eigenvalue weighted by atomic mass is 10.0. The molecule has 3 N–H and O–H groups in total. The molecule has 0 bridgehead atoms. The normalized spacial score (nSPS) is 12.9. The smallest absolute Gasteiger partial charge is 0.305 e. The van der Waals surface area contributed by atoms with E-state index in [9.17, 15) is 19.8 Å². The summed E-state index contributed by atoms with van der Waals surface area (Å²) in [5.41, 5.74) is 0. The molecule has 0 radical (unpaired) electrons. The van der Waals surface area contributed by atoms with Crippen LogP contribution in [0.5, 0.6) is 0 Å². The third kappa shape index (κ3) is 47.6. The number of esters is 1. The molecule has 0 heterocycles. The van der Waals surface area contributed by atoms with Gasteiger partial charge in [0.2, 0.25) is 5.91 Å². The number of carbonyl (C=O) groups excluding carboxylic acids is 2. The number of rotatable bonds is 50. The van der Waals surface area contributed by atoms with E-state index < -0.39 is 12.1 Å². The van der Waals surface area contributed by atoms with Crippen LogP contribution in [-0.4, -0.2) is 47.4 Å². The summed E-state index contributed by atoms with van der Waals surface area (Å²) in [5, 5.41) is 23.2. The maximum atomic E-state index is 12.5. The molecular weight excluding hydrogens is 767 g/mol. The first kappa shape index (κ1) is 60.1. The number of ether oxygens (including phenoxy) is 1. The summed E-state index contributed by atoms with van der Waals surface area (Å²) in [4.78, 5) is 24.5. The quantitative estimate of drug-likeness (QED) is 0.0321. The fourth-order valence-electron chi connectivity index (χ4n) is 8.19. The van der Waals surface area contributed by atoms with Gasteiger partial charge in [-0.2, -0.15) is 0 Å². The number of unbranched alkanes of at least 4 members (excludes halogenated alkanes) is 33. The molecule has 0 aromatic rings. The zero-order chi connectivity index (χ0) is 45.1. The third-order valence-electron chi connectivity index (χ3n) is 12.4. The second kappa shape index (κ2) is 51.7. The van der Waals surface area contributed by atoms with Gasteiger partial charge in [-0.3, -0.25) is 9.59 Å². The van der Waals surface area contributed by atoms with Crippen molar-refractivity contribution in [2.45, 2.75) is 296 Å². The van der Waals surface area contributed by atoms with Crippen molar-refractivity contribution in [3.63, 3.8) is 0 Å². The summed E-state index contributed by atoms with van der Waals surface area (Å²) in [7, 11) is 0. The monoisotopic (exact) mass is 872 g/mol. The van der Waals surface area contributed by atoms with Crippen LogP contribution in [0.3, 0.4) is 0 Å². The molecule has 0 rings (SSSR count). The fraction of sp³-hybridized carbons (Fsp3) is 0.857. The molecule has 0 aliphatic rings. The summed E-state index contributed by atoms with van der Waals surface area (Å²) >= 11 is 0. The molecule has 0 fully saturated rings. The highest BCUT2D eigenvalue weighted by Crippen LogP contribution is 2.16. The Morgan fingerprint density at radius 1 is 0.452 bits per heavy atom. The van der Waals surface area contributed by atoms with E-state index in [4.69, 9.17) is 4.74 Å². The van der Waals surface area contributed by atoms with E-state index in [1.165, 1.54) is 167 Å². The second-order valence-electron chi connectivity index (χ2n) is 18.6. The van der Waals surface area contributed by atoms with Crippen LogP contribution < -0.4 is 5.32 Å². The number of hydrogen-bond donors (Lipinski definition) is 3. The molecule has 0 spiro atoms. The lowest BCUT2D eigenvalue weighted by Crippen LogP contribution is -2.45. The van der Waals surface area contributed by atoms with Crippen LogP contribution in [0.2, 0.25) is 0 Å². The highest BCUT2D eigenvalue weighted by atomic mass is 16.5. The predicted molar refractivity (Wildman–Crippen MR) is 269 cm³/mol. The molecule has 2 unspecified atom stereocenters. The van der Waals surface area contributed by atoms with Crippen LogP contribution in [0.25, 0.3) is 0 Å². The summed E-state index contributed by atoms with van der Waals surface area (Å²) in [6.07, 6.45) is 62.6. The third-order valence-corrected chi connectivity index (χ3v) is 12.4. The van der Waals surface area contributed by atoms with Gasteiger partial charge in [0.25, 0.3) is 0 Å². The van der Waals surface area contributed by atoms with Gasteiger partial charge in [0.1, 0.15) is 0 Å². The van der Waals surface area contributed by atoms with E-state index in [2.05, 4.69) is 55.6 Å². The Labute approximate surface area is 385 Å². The molecule has 0 aliphatic heterocycles. The van der Waals surface area contributed by atoms with Gasteiger partial charge in [0.05, 0.1) is 25.4 Å². The van der Waals surface area contributed by atoms with Crippen molar-refractivity contribution < 1.29 is 24.5 Å². The number of aliphatic hydroxyl groups is 2. The molecule has 2 atom stereocenters. The largest absolute Gasteiger partial charge is 0.466 e. The van der Waals surface area contributed by atoms with Crippen LogP contribution >= 0.6 is 0 Å². The average molecular weight is 872 g/mol. The standard InChI is InChI=1S/C56H105NO5/c1-3-5-7-9-11-13-15-17-19-21-23-25-30-34-38-42-46-50-56(61)62-51-47-43-39-35-31-27-26-29-33-37-41-45-49-55(60)57-53(52-58)54(59)48-44-40-36-32-28-24-22-20-18-16-14-12-10-8-6-4-2/h11,13,17,19,27,31,53-54,58-59H,3-10,12,14-16,18,20-26,28-30,32-52H2,1-2H3,(H,57,60)/b13-11-,19-17-,31-27-. The van der Waals surface area contributed by atoms with Crippen LogP contribution in [0.1, 0.15) is 284 Å². The highest BCUT2D eigenvalue weighted by Gasteiger charge is 2.20. The van der Waals surface area contributed by atoms with Gasteiger partial charge in [0.15, 0.2) is 0 Å². The first-order valence-corrected chi connectivity index (χ1v) is 27.2. The van der Waals surface area contributed by atoms with Crippen molar-refractivity contribution in [2.24, 2.45) is 0 Å². The van der Waals surface area contributed by atoms with Crippen molar-refractivity contribution in [1.82, 2.24) is 5.32 Å². The van der Waals surface area contributed by atoms with E-state index in [0.717, 1.165) is 83.5 Å². The van der Waals surface area contributed by atoms with Crippen molar-refractivity contribution in [3.05, 3.63) is 36.5 Å². The van der Waals surface area contributed by atoms with Gasteiger partial charge in [-0.1, -0.05) is 217 Å². The fourth-order valence-corrected chi connectivity index (χ4v) is 8.19. The number of amides is 1. The Bertz CT molecular complexity index is 1010. The van der Waals surface area contributed by atoms with E-state index in [-0.39, 0.29) is 18.5 Å². The Balaban J connectivity index is 3.51. The zero-order valence-corrected chi connectivity index (χ0v) is 41.4. The van der Waals surface area contributed by atoms with Crippen molar-refractivity contribution in [3.8, 4) is 0 Å². The summed E-state index contributed by atoms with van der Waals surface area (Å²) in [6.45, 7) is 4.87. The summed E-state index contributed by atoms with van der Waals surface area (Å²) in [6, 6.07) is -0.561. The minimum absolute atomic E-state index is 0.0306. The van der Waals surface area contributed by atoms with Gasteiger partial charge in [-0.15, -0.1) is 0 Å². The number of hydrogen-bond acceptors (Lipinski definition) is 5. The van der Waals surface area contributed by atoms with Crippen molar-refractivity contribution in [2.75, 3.05) is 13.2 Å². The minimum atomic E-state index is -0.681. The van der Waals surface area contributed by atoms with E-state index in [0.29, 0.717) is 25.9 Å². The SMILES string of the molecule is CCCCC/C=C\C/C=C\CCCCCCCCCC(=O)OCCCCC/C=C\CCCCCCCC(=O)NC(CO)C(O)CCCCCCCCCCCCCCCCCC. The number of aliphatic hydroxyl groups excluding tert-OH is 2. The number of allylic oxidation sites excluding steroid dienone is 6. The van der Waals surface area contributed by atoms with Crippen LogP contribution in [0.4, 0.5) is 0 Å². The van der Waals surface area contributed by atoms with Crippen molar-refractivity contribution in [1.29, 1.82) is 0 Å². The molecule has 364 valence electrons. The molecule has 6 nitrogen and oxygen atoms in total. The average Bonchev–Trinajstić information content (AvgIpc) is 3.27. The van der Waals surface area contributed by atoms with Gasteiger partial charge in [-0.25, -0.2) is 0 Å². The van der Waals surface area contributed by atoms with E-state index >= 15 is 0 Å². The van der Waals surface area contributed by atoms with Crippen LogP contribution in [0, 0.1) is 0 Å². The maximum absolute atomic E-state index is 12.5. The van der Waals surface area contributed by atoms with E-state index in [1.54, 1.807) is 0 Å². The van der Waals surface area contributed by atoms with Gasteiger partial charge in [-0.05, 0) is 89.9 Å². The summed E-state index contributed by atoms with van der Waals surface area (Å²) in [5.74, 6) is -0.0914. The highest BCUT2D eigenvalue weighted by molar-refractivity contribution is 5.76. The topological polar surface area (TPSA) is 95.9 Å². The molecule has 0 aromatic heterocycles. The molecule has 0 aliphatic carbocycles. The van der Waals surface area contributed by atoms with Gasteiger partial charge < -0.3 is 20.3 Å².